The van der Waals surface area contributed by atoms with Crippen LogP contribution in [0.2, 0.25) is 5.02 Å². The summed E-state index contributed by atoms with van der Waals surface area (Å²) in [5.41, 5.74) is 2.20. The lowest BCUT2D eigenvalue weighted by Crippen LogP contribution is -2.13. The molecule has 1 aliphatic rings. The van der Waals surface area contributed by atoms with Crippen molar-refractivity contribution < 1.29 is 14.3 Å². The molecular formula is C18H18ClNO3. The number of fused-ring (bicyclic) bond motifs is 1. The van der Waals surface area contributed by atoms with Crippen LogP contribution in [0.1, 0.15) is 29.8 Å². The molecule has 3 rings (SSSR count). The summed E-state index contributed by atoms with van der Waals surface area (Å²) in [7, 11) is 0. The summed E-state index contributed by atoms with van der Waals surface area (Å²) in [6.45, 7) is 4.45. The van der Waals surface area contributed by atoms with Crippen LogP contribution in [-0.4, -0.2) is 18.6 Å². The molecular weight excluding hydrogens is 314 g/mol. The van der Waals surface area contributed by atoms with Crippen molar-refractivity contribution in [2.75, 3.05) is 11.9 Å². The standard InChI is InChI=1S/C18H18ClNO3/c1-3-22-17-9-13-7-11(2)23-16(13)10-15(17)20-18(21)12-5-4-6-14(19)8-12/h4-6,8-11H,3,7H2,1-2H3,(H,20,21)/t11-/m0/s1. The Kier molecular flexibility index (Phi) is 4.44. The van der Waals surface area contributed by atoms with E-state index in [0.29, 0.717) is 28.6 Å². The zero-order valence-corrected chi connectivity index (χ0v) is 13.8. The van der Waals surface area contributed by atoms with Crippen LogP contribution in [0.25, 0.3) is 0 Å². The van der Waals surface area contributed by atoms with Crippen molar-refractivity contribution in [2.24, 2.45) is 0 Å². The predicted octanol–water partition coefficient (Wildman–Crippen LogP) is 4.31. The summed E-state index contributed by atoms with van der Waals surface area (Å²) in [6.07, 6.45) is 0.983. The zero-order valence-electron chi connectivity index (χ0n) is 13.1. The molecule has 0 saturated heterocycles. The van der Waals surface area contributed by atoms with Crippen molar-refractivity contribution in [3.05, 3.63) is 52.5 Å². The number of rotatable bonds is 4. The van der Waals surface area contributed by atoms with E-state index in [1.54, 1.807) is 24.3 Å². The molecule has 1 atom stereocenters. The number of hydrogen-bond acceptors (Lipinski definition) is 3. The molecule has 5 heteroatoms. The first kappa shape index (κ1) is 15.7. The number of benzene rings is 2. The minimum atomic E-state index is -0.237. The third-order valence-electron chi connectivity index (χ3n) is 3.63. The third-order valence-corrected chi connectivity index (χ3v) is 3.87. The Morgan fingerprint density at radius 1 is 1.39 bits per heavy atom. The molecule has 1 aliphatic heterocycles. The summed E-state index contributed by atoms with van der Waals surface area (Å²) in [6, 6.07) is 10.6. The van der Waals surface area contributed by atoms with Crippen LogP contribution in [0.3, 0.4) is 0 Å². The van der Waals surface area contributed by atoms with Crippen molar-refractivity contribution in [1.82, 2.24) is 0 Å². The van der Waals surface area contributed by atoms with Gasteiger partial charge in [0.25, 0.3) is 5.91 Å². The number of amides is 1. The highest BCUT2D eigenvalue weighted by atomic mass is 35.5. The average Bonchev–Trinajstić information content (AvgIpc) is 2.87. The number of anilines is 1. The van der Waals surface area contributed by atoms with Crippen LogP contribution in [0, 0.1) is 0 Å². The van der Waals surface area contributed by atoms with E-state index in [2.05, 4.69) is 5.32 Å². The molecule has 120 valence electrons. The fraction of sp³-hybridized carbons (Fsp3) is 0.278. The predicted molar refractivity (Wildman–Crippen MR) is 90.8 cm³/mol. The van der Waals surface area contributed by atoms with Gasteiger partial charge in [0.1, 0.15) is 17.6 Å². The fourth-order valence-corrected chi connectivity index (χ4v) is 2.83. The maximum atomic E-state index is 12.4. The molecule has 0 aromatic heterocycles. The van der Waals surface area contributed by atoms with Gasteiger partial charge in [0.2, 0.25) is 0 Å². The number of nitrogens with one attached hydrogen (secondary N) is 1. The van der Waals surface area contributed by atoms with Gasteiger partial charge in [-0.3, -0.25) is 4.79 Å². The lowest BCUT2D eigenvalue weighted by molar-refractivity contribution is 0.102. The topological polar surface area (TPSA) is 47.6 Å². The number of halogens is 1. The second kappa shape index (κ2) is 6.50. The number of carbonyl (C=O) groups is 1. The highest BCUT2D eigenvalue weighted by Gasteiger charge is 2.22. The molecule has 0 saturated carbocycles. The van der Waals surface area contributed by atoms with Gasteiger partial charge in [-0.1, -0.05) is 17.7 Å². The van der Waals surface area contributed by atoms with Gasteiger partial charge in [0, 0.05) is 28.6 Å². The van der Waals surface area contributed by atoms with E-state index in [-0.39, 0.29) is 12.0 Å². The summed E-state index contributed by atoms with van der Waals surface area (Å²) in [4.78, 5) is 12.4. The molecule has 0 bridgehead atoms. The van der Waals surface area contributed by atoms with E-state index in [9.17, 15) is 4.79 Å². The molecule has 0 aliphatic carbocycles. The van der Waals surface area contributed by atoms with Gasteiger partial charge < -0.3 is 14.8 Å². The van der Waals surface area contributed by atoms with Gasteiger partial charge in [-0.2, -0.15) is 0 Å². The SMILES string of the molecule is CCOc1cc2c(cc1NC(=O)c1cccc(Cl)c1)O[C@@H](C)C2. The molecule has 0 unspecified atom stereocenters. The molecule has 23 heavy (non-hydrogen) atoms. The van der Waals surface area contributed by atoms with Crippen molar-refractivity contribution in [3.8, 4) is 11.5 Å². The van der Waals surface area contributed by atoms with Gasteiger partial charge in [0.15, 0.2) is 0 Å². The molecule has 0 radical (unpaired) electrons. The highest BCUT2D eigenvalue weighted by molar-refractivity contribution is 6.31. The highest BCUT2D eigenvalue weighted by Crippen LogP contribution is 2.38. The summed E-state index contributed by atoms with van der Waals surface area (Å²) < 4.78 is 11.4. The Hall–Kier alpha value is -2.20. The average molecular weight is 332 g/mol. The Bertz CT molecular complexity index is 745. The molecule has 0 spiro atoms. The summed E-state index contributed by atoms with van der Waals surface area (Å²) in [5.74, 6) is 1.21. The number of carbonyl (C=O) groups excluding carboxylic acids is 1. The van der Waals surface area contributed by atoms with E-state index < -0.39 is 0 Å². The van der Waals surface area contributed by atoms with Crippen LogP contribution in [0.5, 0.6) is 11.5 Å². The van der Waals surface area contributed by atoms with E-state index in [0.717, 1.165) is 17.7 Å². The minimum Gasteiger partial charge on any atom is -0.492 e. The molecule has 1 heterocycles. The van der Waals surface area contributed by atoms with E-state index in [1.165, 1.54) is 0 Å². The number of ether oxygens (including phenoxy) is 2. The van der Waals surface area contributed by atoms with Gasteiger partial charge in [-0.15, -0.1) is 0 Å². The Morgan fingerprint density at radius 3 is 2.96 bits per heavy atom. The van der Waals surface area contributed by atoms with Crippen molar-refractivity contribution >= 4 is 23.2 Å². The zero-order chi connectivity index (χ0) is 16.4. The normalized spacial score (nSPS) is 15.7. The first-order chi connectivity index (χ1) is 11.1. The third kappa shape index (κ3) is 3.42. The van der Waals surface area contributed by atoms with Gasteiger partial charge in [0.05, 0.1) is 12.3 Å². The van der Waals surface area contributed by atoms with E-state index in [1.807, 2.05) is 26.0 Å². The quantitative estimate of drug-likeness (QED) is 0.907. The maximum absolute atomic E-state index is 12.4. The van der Waals surface area contributed by atoms with Crippen LogP contribution >= 0.6 is 11.6 Å². The van der Waals surface area contributed by atoms with Crippen LogP contribution in [0.15, 0.2) is 36.4 Å². The summed E-state index contributed by atoms with van der Waals surface area (Å²) >= 11 is 5.94. The minimum absolute atomic E-state index is 0.137. The van der Waals surface area contributed by atoms with Crippen LogP contribution < -0.4 is 14.8 Å². The molecule has 2 aromatic carbocycles. The Labute approximate surface area is 140 Å². The fourth-order valence-electron chi connectivity index (χ4n) is 2.64. The van der Waals surface area contributed by atoms with Crippen molar-refractivity contribution in [3.63, 3.8) is 0 Å². The van der Waals surface area contributed by atoms with Crippen molar-refractivity contribution in [1.29, 1.82) is 0 Å². The lowest BCUT2D eigenvalue weighted by atomic mass is 10.1. The van der Waals surface area contributed by atoms with Crippen LogP contribution in [0.4, 0.5) is 5.69 Å². The van der Waals surface area contributed by atoms with Gasteiger partial charge in [-0.05, 0) is 38.1 Å². The monoisotopic (exact) mass is 331 g/mol. The number of hydrogen-bond donors (Lipinski definition) is 1. The summed E-state index contributed by atoms with van der Waals surface area (Å²) in [5, 5.41) is 3.40. The molecule has 1 amide bonds. The largest absolute Gasteiger partial charge is 0.492 e. The lowest BCUT2D eigenvalue weighted by Gasteiger charge is -2.13. The van der Waals surface area contributed by atoms with Gasteiger partial charge in [-0.25, -0.2) is 0 Å². The second-order valence-electron chi connectivity index (χ2n) is 5.49. The molecule has 1 N–H and O–H groups in total. The molecule has 0 fully saturated rings. The molecule has 4 nitrogen and oxygen atoms in total. The first-order valence-corrected chi connectivity index (χ1v) is 7.98. The van der Waals surface area contributed by atoms with Gasteiger partial charge >= 0.3 is 0 Å². The maximum Gasteiger partial charge on any atom is 0.255 e. The smallest absolute Gasteiger partial charge is 0.255 e. The first-order valence-electron chi connectivity index (χ1n) is 7.60. The van der Waals surface area contributed by atoms with Crippen LogP contribution in [-0.2, 0) is 6.42 Å². The Morgan fingerprint density at radius 2 is 2.22 bits per heavy atom. The second-order valence-corrected chi connectivity index (χ2v) is 5.92. The molecule has 2 aromatic rings. The Balaban J connectivity index is 1.89. The van der Waals surface area contributed by atoms with E-state index >= 15 is 0 Å². The van der Waals surface area contributed by atoms with E-state index in [4.69, 9.17) is 21.1 Å². The van der Waals surface area contributed by atoms with Crippen molar-refractivity contribution in [2.45, 2.75) is 26.4 Å².